The lowest BCUT2D eigenvalue weighted by atomic mass is 9.74. The van der Waals surface area contributed by atoms with Crippen LogP contribution in [0.4, 0.5) is 0 Å². The first-order chi connectivity index (χ1) is 17.8. The van der Waals surface area contributed by atoms with E-state index in [-0.39, 0.29) is 16.2 Å². The maximum atomic E-state index is 5.45. The van der Waals surface area contributed by atoms with Gasteiger partial charge in [-0.3, -0.25) is 4.68 Å². The summed E-state index contributed by atoms with van der Waals surface area (Å²) in [6.45, 7) is 21.9. The summed E-state index contributed by atoms with van der Waals surface area (Å²) in [4.78, 5) is 0. The summed E-state index contributed by atoms with van der Waals surface area (Å²) in [5, 5.41) is 8.96. The highest BCUT2D eigenvalue weighted by Crippen LogP contribution is 2.46. The van der Waals surface area contributed by atoms with E-state index in [4.69, 9.17) is 4.52 Å². The van der Waals surface area contributed by atoms with Gasteiger partial charge in [-0.2, -0.15) is 5.10 Å². The Morgan fingerprint density at radius 1 is 0.974 bits per heavy atom. The molecule has 5 heteroatoms. The van der Waals surface area contributed by atoms with Crippen molar-refractivity contribution in [3.63, 3.8) is 0 Å². The molecule has 1 aliphatic rings. The second-order valence-electron chi connectivity index (χ2n) is 14.4. The van der Waals surface area contributed by atoms with Crippen LogP contribution in [-0.2, 0) is 22.8 Å². The van der Waals surface area contributed by atoms with E-state index in [0.29, 0.717) is 17.9 Å². The molecule has 3 aromatic rings. The zero-order valence-corrected chi connectivity index (χ0v) is 25.6. The fraction of sp³-hybridized carbons (Fsp3) is 0.697. The van der Waals surface area contributed by atoms with Crippen LogP contribution in [0.15, 0.2) is 41.4 Å². The molecule has 2 atom stereocenters. The molecule has 4 rings (SSSR count). The molecule has 3 heterocycles. The summed E-state index contributed by atoms with van der Waals surface area (Å²) in [6, 6.07) is 7.39. The third-order valence-corrected chi connectivity index (χ3v) is 9.00. The van der Waals surface area contributed by atoms with Gasteiger partial charge in [0.15, 0.2) is 0 Å². The first-order valence-corrected chi connectivity index (χ1v) is 15.0. The highest BCUT2D eigenvalue weighted by molar-refractivity contribution is 5.27. The molecule has 38 heavy (non-hydrogen) atoms. The number of nitrogens with zero attached hydrogens (tertiary/aromatic N) is 4. The Morgan fingerprint density at radius 3 is 2.45 bits per heavy atom. The van der Waals surface area contributed by atoms with Crippen molar-refractivity contribution in [1.82, 2.24) is 19.5 Å². The number of hydrogen-bond donors (Lipinski definition) is 0. The summed E-state index contributed by atoms with van der Waals surface area (Å²) in [7, 11) is 0. The number of aromatic nitrogens is 4. The van der Waals surface area contributed by atoms with Crippen LogP contribution in [-0.4, -0.2) is 19.5 Å². The Morgan fingerprint density at radius 2 is 1.74 bits per heavy atom. The molecular weight excluding hydrogens is 468 g/mol. The molecule has 0 bridgehead atoms. The number of rotatable bonds is 11. The monoisotopic (exact) mass is 520 g/mol. The predicted molar refractivity (Wildman–Crippen MR) is 157 cm³/mol. The Kier molecular flexibility index (Phi) is 8.35. The molecule has 3 aromatic heterocycles. The van der Waals surface area contributed by atoms with Crippen molar-refractivity contribution in [2.75, 3.05) is 0 Å². The molecule has 0 amide bonds. The highest BCUT2D eigenvalue weighted by atomic mass is 16.5. The van der Waals surface area contributed by atoms with Crippen molar-refractivity contribution in [3.05, 3.63) is 59.5 Å². The molecule has 0 aliphatic heterocycles. The topological polar surface area (TPSA) is 48.8 Å². The van der Waals surface area contributed by atoms with Crippen LogP contribution in [0.25, 0.3) is 0 Å². The molecule has 0 N–H and O–H groups in total. The minimum atomic E-state index is 0.0497. The van der Waals surface area contributed by atoms with Gasteiger partial charge in [-0.25, -0.2) is 0 Å². The molecule has 0 saturated heterocycles. The van der Waals surface area contributed by atoms with Crippen LogP contribution in [0.5, 0.6) is 0 Å². The lowest BCUT2D eigenvalue weighted by Crippen LogP contribution is -2.29. The second-order valence-corrected chi connectivity index (χ2v) is 14.4. The first kappa shape index (κ1) is 28.7. The standard InChI is InChI=1S/C33H52N4O/c1-24(2)30-26(23-38-35-30)33(8,9)22-25-14-12-15-27(25)36-20-13-16-29(36)32(6,7)18-10-11-21-37-28(17-19-34-37)31(3,4)5/h13,16-17,19-20,23-25,27H,10-12,14-15,18,21-22H2,1-9H3. The molecule has 5 nitrogen and oxygen atoms in total. The van der Waals surface area contributed by atoms with E-state index in [2.05, 4.69) is 106 Å². The van der Waals surface area contributed by atoms with Gasteiger partial charge in [-0.15, -0.1) is 0 Å². The van der Waals surface area contributed by atoms with Crippen LogP contribution in [0.2, 0.25) is 0 Å². The van der Waals surface area contributed by atoms with Gasteiger partial charge in [0.05, 0.1) is 5.69 Å². The zero-order valence-electron chi connectivity index (χ0n) is 25.6. The van der Waals surface area contributed by atoms with E-state index >= 15 is 0 Å². The largest absolute Gasteiger partial charge is 0.364 e. The van der Waals surface area contributed by atoms with Crippen molar-refractivity contribution >= 4 is 0 Å². The lowest BCUT2D eigenvalue weighted by Gasteiger charge is -2.35. The summed E-state index contributed by atoms with van der Waals surface area (Å²) in [5.74, 6) is 1.05. The van der Waals surface area contributed by atoms with Crippen molar-refractivity contribution in [2.45, 2.75) is 142 Å². The summed E-state index contributed by atoms with van der Waals surface area (Å²) >= 11 is 0. The first-order valence-electron chi connectivity index (χ1n) is 15.0. The lowest BCUT2D eigenvalue weighted by molar-refractivity contribution is 0.277. The molecule has 2 unspecified atom stereocenters. The molecule has 1 saturated carbocycles. The Balaban J connectivity index is 1.42. The van der Waals surface area contributed by atoms with Gasteiger partial charge < -0.3 is 9.09 Å². The normalized spacial score (nSPS) is 19.1. The minimum Gasteiger partial charge on any atom is -0.364 e. The average molecular weight is 521 g/mol. The molecule has 0 spiro atoms. The van der Waals surface area contributed by atoms with Gasteiger partial charge in [-0.1, -0.05) is 80.3 Å². The van der Waals surface area contributed by atoms with E-state index in [9.17, 15) is 0 Å². The Labute approximate surface area is 231 Å². The average Bonchev–Trinajstić information content (AvgIpc) is 3.61. The van der Waals surface area contributed by atoms with Crippen LogP contribution >= 0.6 is 0 Å². The maximum absolute atomic E-state index is 5.45. The summed E-state index contributed by atoms with van der Waals surface area (Å²) in [6.07, 6.45) is 14.8. The van der Waals surface area contributed by atoms with E-state index in [1.54, 1.807) is 0 Å². The SMILES string of the molecule is CC(C)c1nocc1C(C)(C)CC1CCCC1n1cccc1C(C)(C)CCCCn1nccc1C(C)(C)C. The van der Waals surface area contributed by atoms with Crippen LogP contribution in [0.1, 0.15) is 142 Å². The van der Waals surface area contributed by atoms with Gasteiger partial charge in [0.1, 0.15) is 6.26 Å². The third-order valence-electron chi connectivity index (χ3n) is 9.00. The van der Waals surface area contributed by atoms with Crippen LogP contribution in [0, 0.1) is 5.92 Å². The van der Waals surface area contributed by atoms with Crippen molar-refractivity contribution < 1.29 is 4.52 Å². The number of aryl methyl sites for hydroxylation is 1. The van der Waals surface area contributed by atoms with E-state index in [0.717, 1.165) is 25.1 Å². The maximum Gasteiger partial charge on any atom is 0.127 e. The zero-order chi connectivity index (χ0) is 27.7. The Bertz CT molecular complexity index is 1170. The third kappa shape index (κ3) is 6.13. The summed E-state index contributed by atoms with van der Waals surface area (Å²) in [5.41, 5.74) is 5.56. The molecule has 1 fully saturated rings. The van der Waals surface area contributed by atoms with Gasteiger partial charge in [0.25, 0.3) is 0 Å². The molecular formula is C33H52N4O. The van der Waals surface area contributed by atoms with Gasteiger partial charge >= 0.3 is 0 Å². The van der Waals surface area contributed by atoms with Gasteiger partial charge in [0, 0.05) is 52.8 Å². The highest BCUT2D eigenvalue weighted by Gasteiger charge is 2.38. The molecule has 0 radical (unpaired) electrons. The van der Waals surface area contributed by atoms with Crippen LogP contribution in [0.3, 0.4) is 0 Å². The molecule has 0 aromatic carbocycles. The van der Waals surface area contributed by atoms with Crippen molar-refractivity contribution in [1.29, 1.82) is 0 Å². The predicted octanol–water partition coefficient (Wildman–Crippen LogP) is 8.95. The van der Waals surface area contributed by atoms with E-state index in [1.165, 1.54) is 49.1 Å². The van der Waals surface area contributed by atoms with Gasteiger partial charge in [-0.05, 0) is 67.6 Å². The Hall–Kier alpha value is -2.30. The van der Waals surface area contributed by atoms with Gasteiger partial charge in [0.2, 0.25) is 0 Å². The smallest absolute Gasteiger partial charge is 0.127 e. The van der Waals surface area contributed by atoms with E-state index < -0.39 is 0 Å². The molecule has 1 aliphatic carbocycles. The number of hydrogen-bond acceptors (Lipinski definition) is 3. The van der Waals surface area contributed by atoms with Crippen LogP contribution < -0.4 is 0 Å². The summed E-state index contributed by atoms with van der Waals surface area (Å²) < 4.78 is 10.3. The number of unbranched alkanes of at least 4 members (excludes halogenated alkanes) is 1. The van der Waals surface area contributed by atoms with Crippen molar-refractivity contribution in [3.8, 4) is 0 Å². The quantitative estimate of drug-likeness (QED) is 0.237. The van der Waals surface area contributed by atoms with E-state index in [1.807, 2.05) is 12.5 Å². The van der Waals surface area contributed by atoms with Crippen molar-refractivity contribution in [2.24, 2.45) is 5.92 Å². The second kappa shape index (κ2) is 11.1. The fourth-order valence-electron chi connectivity index (χ4n) is 6.92. The minimum absolute atomic E-state index is 0.0497. The fourth-order valence-corrected chi connectivity index (χ4v) is 6.92. The molecule has 210 valence electrons.